The lowest BCUT2D eigenvalue weighted by atomic mass is 10.2. The Morgan fingerprint density at radius 3 is 2.64 bits per heavy atom. The molecule has 0 spiro atoms. The van der Waals surface area contributed by atoms with Crippen molar-refractivity contribution < 1.29 is 9.90 Å². The van der Waals surface area contributed by atoms with Crippen LogP contribution >= 0.6 is 0 Å². The molecule has 1 unspecified atom stereocenters. The second-order valence-electron chi connectivity index (χ2n) is 2.29. The predicted molar refractivity (Wildman–Crippen MR) is 36.7 cm³/mol. The zero-order valence-corrected chi connectivity index (χ0v) is 6.14. The maximum Gasteiger partial charge on any atom is 0.160 e. The van der Waals surface area contributed by atoms with Crippen LogP contribution < -0.4 is 0 Å². The summed E-state index contributed by atoms with van der Waals surface area (Å²) in [4.78, 5) is 10.6. The Kier molecular flexibility index (Phi) is 2.32. The first-order valence-corrected chi connectivity index (χ1v) is 3.21. The van der Waals surface area contributed by atoms with Crippen LogP contribution in [-0.4, -0.2) is 31.8 Å². The molecule has 0 radical (unpaired) electrons. The molecule has 0 saturated carbocycles. The average Bonchev–Trinajstić information content (AvgIpc) is 2.39. The van der Waals surface area contributed by atoms with E-state index in [0.717, 1.165) is 0 Å². The van der Waals surface area contributed by atoms with Crippen LogP contribution in [0.5, 0.6) is 0 Å². The van der Waals surface area contributed by atoms with Crippen LogP contribution in [0.4, 0.5) is 0 Å². The van der Waals surface area contributed by atoms with Gasteiger partial charge in [-0.2, -0.15) is 0 Å². The molecule has 1 aromatic heterocycles. The Hall–Kier alpha value is -1.23. The number of nitrogens with zero attached hydrogens (tertiary/aromatic N) is 3. The van der Waals surface area contributed by atoms with Gasteiger partial charge >= 0.3 is 0 Å². The third-order valence-corrected chi connectivity index (χ3v) is 1.32. The molecule has 60 valence electrons. The van der Waals surface area contributed by atoms with Gasteiger partial charge in [0.2, 0.25) is 0 Å². The smallest absolute Gasteiger partial charge is 0.160 e. The Morgan fingerprint density at radius 2 is 2.18 bits per heavy atom. The van der Waals surface area contributed by atoms with E-state index in [1.807, 2.05) is 0 Å². The largest absolute Gasteiger partial charge is 0.383 e. The fourth-order valence-corrected chi connectivity index (χ4v) is 0.645. The molecule has 0 aromatic carbocycles. The minimum atomic E-state index is -0.953. The Labute approximate surface area is 63.7 Å². The molecule has 0 amide bonds. The second-order valence-corrected chi connectivity index (χ2v) is 2.29. The third-order valence-electron chi connectivity index (χ3n) is 1.32. The number of carbonyl (C=O) groups excluding carboxylic acids is 1. The van der Waals surface area contributed by atoms with E-state index in [4.69, 9.17) is 5.11 Å². The average molecular weight is 155 g/mol. The minimum absolute atomic E-state index is 0.225. The highest BCUT2D eigenvalue weighted by atomic mass is 16.3. The highest BCUT2D eigenvalue weighted by molar-refractivity contribution is 5.79. The predicted octanol–water partition coefficient (Wildman–Crippen LogP) is -0.772. The van der Waals surface area contributed by atoms with Crippen molar-refractivity contribution in [2.75, 3.05) is 0 Å². The molecular weight excluding hydrogens is 146 g/mol. The molecule has 0 saturated heterocycles. The standard InChI is InChI=1S/C6H9N3O2/c1-5(10)6(11)2-9-3-7-8-4-9/h3-4,6,11H,2H2,1H3. The first-order valence-electron chi connectivity index (χ1n) is 3.21. The lowest BCUT2D eigenvalue weighted by Gasteiger charge is -2.05. The molecule has 0 aliphatic carbocycles. The van der Waals surface area contributed by atoms with Gasteiger partial charge < -0.3 is 9.67 Å². The van der Waals surface area contributed by atoms with Gasteiger partial charge in [-0.15, -0.1) is 10.2 Å². The second kappa shape index (κ2) is 3.25. The molecule has 1 heterocycles. The number of hydrogen-bond acceptors (Lipinski definition) is 4. The first-order chi connectivity index (χ1) is 5.20. The molecular formula is C6H9N3O2. The molecule has 0 aliphatic rings. The van der Waals surface area contributed by atoms with E-state index in [0.29, 0.717) is 0 Å². The van der Waals surface area contributed by atoms with E-state index >= 15 is 0 Å². The molecule has 1 atom stereocenters. The maximum absolute atomic E-state index is 10.6. The van der Waals surface area contributed by atoms with Gasteiger partial charge in [0.15, 0.2) is 5.78 Å². The zero-order valence-electron chi connectivity index (χ0n) is 6.14. The minimum Gasteiger partial charge on any atom is -0.383 e. The van der Waals surface area contributed by atoms with Crippen LogP contribution in [0.2, 0.25) is 0 Å². The van der Waals surface area contributed by atoms with Crippen LogP contribution in [0.25, 0.3) is 0 Å². The summed E-state index contributed by atoms with van der Waals surface area (Å²) in [6.07, 6.45) is 1.95. The van der Waals surface area contributed by atoms with Crippen molar-refractivity contribution in [1.29, 1.82) is 0 Å². The van der Waals surface area contributed by atoms with E-state index in [-0.39, 0.29) is 12.3 Å². The van der Waals surface area contributed by atoms with Gasteiger partial charge in [0.1, 0.15) is 18.8 Å². The van der Waals surface area contributed by atoms with Gasteiger partial charge in [-0.05, 0) is 6.92 Å². The number of carbonyl (C=O) groups is 1. The van der Waals surface area contributed by atoms with Crippen LogP contribution in [0, 0.1) is 0 Å². The van der Waals surface area contributed by atoms with Crippen molar-refractivity contribution in [3.63, 3.8) is 0 Å². The molecule has 5 nitrogen and oxygen atoms in total. The van der Waals surface area contributed by atoms with Crippen molar-refractivity contribution in [2.45, 2.75) is 19.6 Å². The molecule has 5 heteroatoms. The van der Waals surface area contributed by atoms with Crippen molar-refractivity contribution in [2.24, 2.45) is 0 Å². The van der Waals surface area contributed by atoms with E-state index in [1.165, 1.54) is 19.6 Å². The lowest BCUT2D eigenvalue weighted by Crippen LogP contribution is -2.22. The number of Topliss-reactive ketones (excluding diaryl/α,β-unsaturated/α-hetero) is 1. The SMILES string of the molecule is CC(=O)C(O)Cn1cnnc1. The number of ketones is 1. The lowest BCUT2D eigenvalue weighted by molar-refractivity contribution is -0.125. The Balaban J connectivity index is 2.50. The molecule has 1 aromatic rings. The van der Waals surface area contributed by atoms with Crippen LogP contribution in [-0.2, 0) is 11.3 Å². The number of aromatic nitrogens is 3. The summed E-state index contributed by atoms with van der Waals surface area (Å²) in [5.41, 5.74) is 0. The van der Waals surface area contributed by atoms with Crippen molar-refractivity contribution >= 4 is 5.78 Å². The first kappa shape index (κ1) is 7.87. The van der Waals surface area contributed by atoms with Gasteiger partial charge in [-0.1, -0.05) is 0 Å². The summed E-state index contributed by atoms with van der Waals surface area (Å²) in [5, 5.41) is 16.1. The summed E-state index contributed by atoms with van der Waals surface area (Å²) in [6, 6.07) is 0. The number of hydrogen-bond donors (Lipinski definition) is 1. The normalized spacial score (nSPS) is 12.9. The van der Waals surface area contributed by atoms with E-state index < -0.39 is 6.10 Å². The van der Waals surface area contributed by atoms with Crippen molar-refractivity contribution in [3.05, 3.63) is 12.7 Å². The Bertz CT molecular complexity index is 232. The summed E-state index contributed by atoms with van der Waals surface area (Å²) in [5.74, 6) is -0.251. The fourth-order valence-electron chi connectivity index (χ4n) is 0.645. The van der Waals surface area contributed by atoms with Crippen LogP contribution in [0.1, 0.15) is 6.92 Å². The van der Waals surface area contributed by atoms with Gasteiger partial charge in [0.25, 0.3) is 0 Å². The van der Waals surface area contributed by atoms with Crippen molar-refractivity contribution in [3.8, 4) is 0 Å². The fraction of sp³-hybridized carbons (Fsp3) is 0.500. The summed E-state index contributed by atoms with van der Waals surface area (Å²) < 4.78 is 1.55. The molecule has 11 heavy (non-hydrogen) atoms. The monoisotopic (exact) mass is 155 g/mol. The van der Waals surface area contributed by atoms with Gasteiger partial charge in [-0.3, -0.25) is 4.79 Å². The summed E-state index contributed by atoms with van der Waals surface area (Å²) >= 11 is 0. The molecule has 0 aliphatic heterocycles. The van der Waals surface area contributed by atoms with E-state index in [2.05, 4.69) is 10.2 Å². The molecule has 1 N–H and O–H groups in total. The van der Waals surface area contributed by atoms with Gasteiger partial charge in [0, 0.05) is 0 Å². The van der Waals surface area contributed by atoms with Crippen LogP contribution in [0.15, 0.2) is 12.7 Å². The Morgan fingerprint density at radius 1 is 1.64 bits per heavy atom. The molecule has 1 rings (SSSR count). The summed E-state index contributed by atoms with van der Waals surface area (Å²) in [7, 11) is 0. The van der Waals surface area contributed by atoms with Gasteiger partial charge in [0.05, 0.1) is 6.54 Å². The van der Waals surface area contributed by atoms with E-state index in [9.17, 15) is 4.79 Å². The quantitative estimate of drug-likeness (QED) is 0.622. The molecule has 0 bridgehead atoms. The number of aliphatic hydroxyl groups excluding tert-OH is 1. The number of rotatable bonds is 3. The zero-order chi connectivity index (χ0) is 8.27. The topological polar surface area (TPSA) is 68.0 Å². The number of aliphatic hydroxyl groups is 1. The van der Waals surface area contributed by atoms with Crippen LogP contribution in [0.3, 0.4) is 0 Å². The third kappa shape index (κ3) is 2.12. The highest BCUT2D eigenvalue weighted by Gasteiger charge is 2.09. The van der Waals surface area contributed by atoms with Crippen molar-refractivity contribution in [1.82, 2.24) is 14.8 Å². The molecule has 0 fully saturated rings. The van der Waals surface area contributed by atoms with Gasteiger partial charge in [-0.25, -0.2) is 0 Å². The summed E-state index contributed by atoms with van der Waals surface area (Å²) in [6.45, 7) is 1.57. The van der Waals surface area contributed by atoms with E-state index in [1.54, 1.807) is 4.57 Å². The maximum atomic E-state index is 10.6. The highest BCUT2D eigenvalue weighted by Crippen LogP contribution is 1.90.